The molecule has 0 amide bonds. The van der Waals surface area contributed by atoms with Gasteiger partial charge in [0.2, 0.25) is 0 Å². The van der Waals surface area contributed by atoms with E-state index in [0.717, 1.165) is 26.2 Å². The van der Waals surface area contributed by atoms with Gasteiger partial charge in [0.05, 0.1) is 0 Å². The van der Waals surface area contributed by atoms with Crippen molar-refractivity contribution < 1.29 is 4.79 Å². The van der Waals surface area contributed by atoms with Crippen LogP contribution < -0.4 is 10.2 Å². The molecular weight excluding hydrogens is 224 g/mol. The Morgan fingerprint density at radius 3 is 2.44 bits per heavy atom. The average molecular weight is 244 g/mol. The first kappa shape index (κ1) is 11.7. The number of nitrogens with zero attached hydrogens (tertiary/aromatic N) is 1. The van der Waals surface area contributed by atoms with Crippen LogP contribution in [0, 0.1) is 25.7 Å². The Morgan fingerprint density at radius 2 is 1.83 bits per heavy atom. The van der Waals surface area contributed by atoms with Gasteiger partial charge < -0.3 is 10.2 Å². The molecule has 1 aromatic carbocycles. The molecule has 2 unspecified atom stereocenters. The summed E-state index contributed by atoms with van der Waals surface area (Å²) in [7, 11) is 0. The van der Waals surface area contributed by atoms with Crippen molar-refractivity contribution in [1.29, 1.82) is 0 Å². The molecule has 2 aliphatic heterocycles. The van der Waals surface area contributed by atoms with Crippen LogP contribution in [0.5, 0.6) is 0 Å². The zero-order valence-electron chi connectivity index (χ0n) is 11.1. The fraction of sp³-hybridized carbons (Fsp3) is 0.533. The molecule has 1 N–H and O–H groups in total. The van der Waals surface area contributed by atoms with Crippen molar-refractivity contribution in [3.63, 3.8) is 0 Å². The number of nitrogens with one attached hydrogen (secondary N) is 1. The van der Waals surface area contributed by atoms with E-state index in [1.54, 1.807) is 0 Å². The molecule has 2 aliphatic rings. The number of hydrogen-bond donors (Lipinski definition) is 1. The highest BCUT2D eigenvalue weighted by Crippen LogP contribution is 2.28. The van der Waals surface area contributed by atoms with E-state index < -0.39 is 0 Å². The summed E-state index contributed by atoms with van der Waals surface area (Å²) in [5.41, 5.74) is 3.91. The molecule has 96 valence electrons. The van der Waals surface area contributed by atoms with Gasteiger partial charge in [-0.3, -0.25) is 4.79 Å². The number of piperidine rings is 2. The van der Waals surface area contributed by atoms with Crippen molar-refractivity contribution in [2.24, 2.45) is 11.8 Å². The minimum Gasteiger partial charge on any atom is -0.370 e. The van der Waals surface area contributed by atoms with Crippen LogP contribution in [0.2, 0.25) is 0 Å². The fourth-order valence-electron chi connectivity index (χ4n) is 3.24. The van der Waals surface area contributed by atoms with Gasteiger partial charge in [0, 0.05) is 43.7 Å². The number of hydrogen-bond acceptors (Lipinski definition) is 3. The maximum absolute atomic E-state index is 12.1. The van der Waals surface area contributed by atoms with Crippen molar-refractivity contribution in [1.82, 2.24) is 5.32 Å². The summed E-state index contributed by atoms with van der Waals surface area (Å²) in [6.45, 7) is 7.70. The van der Waals surface area contributed by atoms with Crippen LogP contribution in [0.3, 0.4) is 0 Å². The Morgan fingerprint density at radius 1 is 1.17 bits per heavy atom. The van der Waals surface area contributed by atoms with Crippen LogP contribution in [-0.4, -0.2) is 32.0 Å². The van der Waals surface area contributed by atoms with Crippen molar-refractivity contribution in [2.45, 2.75) is 13.8 Å². The number of benzene rings is 1. The second-order valence-electron chi connectivity index (χ2n) is 5.65. The zero-order chi connectivity index (χ0) is 12.7. The molecule has 0 aliphatic carbocycles. The standard InChI is InChI=1S/C15H20N2O/c1-10-3-4-14(11(2)5-10)17-8-12-6-16-7-13(9-17)15(12)18/h3-5,12-13,16H,6-9H2,1-2H3. The van der Waals surface area contributed by atoms with Crippen LogP contribution >= 0.6 is 0 Å². The molecule has 2 bridgehead atoms. The number of carbonyl (C=O) groups is 1. The summed E-state index contributed by atoms with van der Waals surface area (Å²) >= 11 is 0. The van der Waals surface area contributed by atoms with E-state index in [9.17, 15) is 4.79 Å². The molecule has 0 saturated carbocycles. The molecule has 2 heterocycles. The summed E-state index contributed by atoms with van der Waals surface area (Å²) < 4.78 is 0. The van der Waals surface area contributed by atoms with E-state index in [2.05, 4.69) is 42.3 Å². The van der Waals surface area contributed by atoms with Crippen LogP contribution in [0.1, 0.15) is 11.1 Å². The minimum absolute atomic E-state index is 0.179. The minimum atomic E-state index is 0.179. The monoisotopic (exact) mass is 244 g/mol. The summed E-state index contributed by atoms with van der Waals surface area (Å²) in [6.07, 6.45) is 0. The molecule has 0 aromatic heterocycles. The number of anilines is 1. The van der Waals surface area contributed by atoms with Gasteiger partial charge >= 0.3 is 0 Å². The summed E-state index contributed by atoms with van der Waals surface area (Å²) in [5, 5.41) is 3.37. The van der Waals surface area contributed by atoms with E-state index in [4.69, 9.17) is 0 Å². The van der Waals surface area contributed by atoms with Crippen LogP contribution in [-0.2, 0) is 4.79 Å². The lowest BCUT2D eigenvalue weighted by molar-refractivity contribution is -0.129. The first-order chi connectivity index (χ1) is 8.65. The third-order valence-corrected chi connectivity index (χ3v) is 4.16. The van der Waals surface area contributed by atoms with Crippen molar-refractivity contribution >= 4 is 11.5 Å². The maximum Gasteiger partial charge on any atom is 0.145 e. The Labute approximate surface area is 108 Å². The van der Waals surface area contributed by atoms with E-state index in [1.807, 2.05) is 0 Å². The highest BCUT2D eigenvalue weighted by atomic mass is 16.1. The third-order valence-electron chi connectivity index (χ3n) is 4.16. The molecule has 3 nitrogen and oxygen atoms in total. The first-order valence-corrected chi connectivity index (χ1v) is 6.72. The van der Waals surface area contributed by atoms with E-state index in [1.165, 1.54) is 16.8 Å². The molecule has 2 atom stereocenters. The van der Waals surface area contributed by atoms with E-state index >= 15 is 0 Å². The smallest absolute Gasteiger partial charge is 0.145 e. The lowest BCUT2D eigenvalue weighted by atomic mass is 9.84. The van der Waals surface area contributed by atoms with Crippen LogP contribution in [0.4, 0.5) is 5.69 Å². The zero-order valence-corrected chi connectivity index (χ0v) is 11.1. The predicted octanol–water partition coefficient (Wildman–Crippen LogP) is 1.53. The van der Waals surface area contributed by atoms with Gasteiger partial charge in [-0.25, -0.2) is 0 Å². The van der Waals surface area contributed by atoms with Gasteiger partial charge in [0.25, 0.3) is 0 Å². The summed E-state index contributed by atoms with van der Waals surface area (Å²) in [5.74, 6) is 0.825. The van der Waals surface area contributed by atoms with Crippen LogP contribution in [0.15, 0.2) is 18.2 Å². The van der Waals surface area contributed by atoms with Crippen molar-refractivity contribution in [3.05, 3.63) is 29.3 Å². The van der Waals surface area contributed by atoms with E-state index in [-0.39, 0.29) is 11.8 Å². The number of carbonyl (C=O) groups excluding carboxylic acids is 1. The number of fused-ring (bicyclic) bond motifs is 2. The van der Waals surface area contributed by atoms with Gasteiger partial charge in [-0.2, -0.15) is 0 Å². The topological polar surface area (TPSA) is 32.3 Å². The van der Waals surface area contributed by atoms with Gasteiger partial charge in [-0.15, -0.1) is 0 Å². The first-order valence-electron chi connectivity index (χ1n) is 6.72. The number of rotatable bonds is 1. The highest BCUT2D eigenvalue weighted by Gasteiger charge is 2.38. The largest absolute Gasteiger partial charge is 0.370 e. The second kappa shape index (κ2) is 4.39. The van der Waals surface area contributed by atoms with Crippen molar-refractivity contribution in [2.75, 3.05) is 31.1 Å². The highest BCUT2D eigenvalue weighted by molar-refractivity contribution is 5.87. The molecule has 0 spiro atoms. The van der Waals surface area contributed by atoms with Gasteiger partial charge in [-0.1, -0.05) is 17.7 Å². The SMILES string of the molecule is Cc1ccc(N2CC3CNCC(C2)C3=O)c(C)c1. The molecule has 3 heteroatoms. The van der Waals surface area contributed by atoms with Crippen LogP contribution in [0.25, 0.3) is 0 Å². The normalized spacial score (nSPS) is 27.4. The molecule has 0 radical (unpaired) electrons. The molecule has 2 fully saturated rings. The fourth-order valence-corrected chi connectivity index (χ4v) is 3.24. The number of ketones is 1. The Kier molecular flexibility index (Phi) is 2.86. The Hall–Kier alpha value is -1.35. The Bertz CT molecular complexity index is 467. The lowest BCUT2D eigenvalue weighted by Crippen LogP contribution is -2.57. The summed E-state index contributed by atoms with van der Waals surface area (Å²) in [4.78, 5) is 14.5. The number of aryl methyl sites for hydroxylation is 2. The predicted molar refractivity (Wildman–Crippen MR) is 73.0 cm³/mol. The molecule has 3 rings (SSSR count). The van der Waals surface area contributed by atoms with Gasteiger partial charge in [-0.05, 0) is 25.5 Å². The lowest BCUT2D eigenvalue weighted by Gasteiger charge is -2.42. The van der Waals surface area contributed by atoms with Gasteiger partial charge in [0.1, 0.15) is 5.78 Å². The van der Waals surface area contributed by atoms with Gasteiger partial charge in [0.15, 0.2) is 0 Å². The molecule has 1 aromatic rings. The molecular formula is C15H20N2O. The number of Topliss-reactive ketones (excluding diaryl/α,β-unsaturated/α-hetero) is 1. The quantitative estimate of drug-likeness (QED) is 0.813. The van der Waals surface area contributed by atoms with E-state index in [0.29, 0.717) is 5.78 Å². The summed E-state index contributed by atoms with van der Waals surface area (Å²) in [6, 6.07) is 6.58. The Balaban J connectivity index is 1.87. The average Bonchev–Trinajstić information content (AvgIpc) is 2.29. The molecule has 2 saturated heterocycles. The molecule has 18 heavy (non-hydrogen) atoms. The second-order valence-corrected chi connectivity index (χ2v) is 5.65. The maximum atomic E-state index is 12.1. The third kappa shape index (κ3) is 1.93. The van der Waals surface area contributed by atoms with Crippen molar-refractivity contribution in [3.8, 4) is 0 Å².